The maximum absolute atomic E-state index is 8.33. The van der Waals surface area contributed by atoms with E-state index in [-0.39, 0.29) is 0 Å². The summed E-state index contributed by atoms with van der Waals surface area (Å²) in [6, 6.07) is 0.381. The summed E-state index contributed by atoms with van der Waals surface area (Å²) in [6.45, 7) is 7.74. The fourth-order valence-electron chi connectivity index (χ4n) is 3.31. The fraction of sp³-hybridized carbons (Fsp3) is 0.684. The summed E-state index contributed by atoms with van der Waals surface area (Å²) < 4.78 is 5.49. The van der Waals surface area contributed by atoms with Gasteiger partial charge >= 0.3 is 0 Å². The van der Waals surface area contributed by atoms with Crippen molar-refractivity contribution in [3.63, 3.8) is 0 Å². The SMILES string of the molecule is CN=CN1CCN(C2=N/C(NC3CCOCC3)=C(\C)SCC\C(C)=N\2)CC1=N. The number of allylic oxidation sites excluding steroid dienone is 1. The molecule has 154 valence electrons. The second-order valence-electron chi connectivity index (χ2n) is 7.23. The highest BCUT2D eigenvalue weighted by molar-refractivity contribution is 8.03. The van der Waals surface area contributed by atoms with Gasteiger partial charge in [0, 0.05) is 55.8 Å². The van der Waals surface area contributed by atoms with Crippen LogP contribution in [0.1, 0.15) is 33.1 Å². The van der Waals surface area contributed by atoms with Crippen LogP contribution in [-0.2, 0) is 4.74 Å². The van der Waals surface area contributed by atoms with E-state index < -0.39 is 0 Å². The summed E-state index contributed by atoms with van der Waals surface area (Å²) in [4.78, 5) is 19.0. The van der Waals surface area contributed by atoms with Gasteiger partial charge in [-0.1, -0.05) is 0 Å². The average Bonchev–Trinajstić information content (AvgIpc) is 2.75. The maximum Gasteiger partial charge on any atom is 0.227 e. The third-order valence-electron chi connectivity index (χ3n) is 5.02. The van der Waals surface area contributed by atoms with Crippen molar-refractivity contribution >= 4 is 35.6 Å². The van der Waals surface area contributed by atoms with E-state index >= 15 is 0 Å². The molecule has 0 unspecified atom stereocenters. The Balaban J connectivity index is 1.84. The summed E-state index contributed by atoms with van der Waals surface area (Å²) in [5.41, 5.74) is 1.08. The molecule has 3 heterocycles. The van der Waals surface area contributed by atoms with Crippen LogP contribution in [0.2, 0.25) is 0 Å². The summed E-state index contributed by atoms with van der Waals surface area (Å²) in [6.07, 6.45) is 4.64. The zero-order chi connectivity index (χ0) is 19.9. The number of thioether (sulfide) groups is 1. The molecular formula is C19H31N7OS. The number of ether oxygens (including phenoxy) is 1. The Hall–Kier alpha value is -1.87. The molecule has 0 aromatic carbocycles. The predicted octanol–water partition coefficient (Wildman–Crippen LogP) is 2.15. The van der Waals surface area contributed by atoms with E-state index in [1.807, 2.05) is 16.7 Å². The molecule has 2 fully saturated rings. The van der Waals surface area contributed by atoms with Gasteiger partial charge in [-0.3, -0.25) is 10.4 Å². The van der Waals surface area contributed by atoms with Crippen LogP contribution < -0.4 is 5.32 Å². The van der Waals surface area contributed by atoms with Crippen molar-refractivity contribution in [1.82, 2.24) is 15.1 Å². The Bertz CT molecular complexity index is 694. The van der Waals surface area contributed by atoms with E-state index in [1.54, 1.807) is 13.4 Å². The molecule has 0 amide bonds. The number of nitrogens with zero attached hydrogens (tertiary/aromatic N) is 5. The number of amidine groups is 1. The molecule has 3 rings (SSSR count). The van der Waals surface area contributed by atoms with E-state index in [0.29, 0.717) is 30.9 Å². The van der Waals surface area contributed by atoms with E-state index in [2.05, 4.69) is 29.1 Å². The Morgan fingerprint density at radius 3 is 2.75 bits per heavy atom. The smallest absolute Gasteiger partial charge is 0.227 e. The van der Waals surface area contributed by atoms with Crippen molar-refractivity contribution in [2.75, 3.05) is 45.6 Å². The van der Waals surface area contributed by atoms with Gasteiger partial charge in [-0.05, 0) is 33.1 Å². The first-order valence-corrected chi connectivity index (χ1v) is 10.9. The van der Waals surface area contributed by atoms with Crippen molar-refractivity contribution in [2.45, 2.75) is 39.2 Å². The first kappa shape index (κ1) is 20.9. The molecule has 2 N–H and O–H groups in total. The molecule has 9 heteroatoms. The first-order chi connectivity index (χ1) is 13.6. The molecule has 3 aliphatic heterocycles. The lowest BCUT2D eigenvalue weighted by Gasteiger charge is -2.34. The van der Waals surface area contributed by atoms with Gasteiger partial charge in [-0.2, -0.15) is 4.99 Å². The van der Waals surface area contributed by atoms with Crippen LogP contribution in [0.4, 0.5) is 0 Å². The molecule has 8 nitrogen and oxygen atoms in total. The topological polar surface area (TPSA) is 88.7 Å². The third-order valence-corrected chi connectivity index (χ3v) is 6.05. The summed E-state index contributed by atoms with van der Waals surface area (Å²) in [5.74, 6) is 3.13. The van der Waals surface area contributed by atoms with Crippen molar-refractivity contribution in [3.05, 3.63) is 10.7 Å². The van der Waals surface area contributed by atoms with Crippen LogP contribution in [0.15, 0.2) is 25.7 Å². The monoisotopic (exact) mass is 405 g/mol. The van der Waals surface area contributed by atoms with Crippen molar-refractivity contribution in [1.29, 1.82) is 5.41 Å². The molecule has 2 saturated heterocycles. The lowest BCUT2D eigenvalue weighted by atomic mass is 10.1. The minimum atomic E-state index is 0.381. The number of hydrogen-bond acceptors (Lipinski definition) is 8. The van der Waals surface area contributed by atoms with Gasteiger partial charge in [-0.25, -0.2) is 4.99 Å². The number of guanidine groups is 1. The molecule has 0 spiro atoms. The van der Waals surface area contributed by atoms with Crippen LogP contribution in [0, 0.1) is 5.41 Å². The zero-order valence-corrected chi connectivity index (χ0v) is 17.9. The maximum atomic E-state index is 8.33. The Labute approximate surface area is 171 Å². The van der Waals surface area contributed by atoms with Gasteiger partial charge in [0.05, 0.1) is 12.9 Å². The van der Waals surface area contributed by atoms with Gasteiger partial charge in [0.1, 0.15) is 11.7 Å². The molecule has 0 aromatic rings. The Morgan fingerprint density at radius 2 is 2.04 bits per heavy atom. The van der Waals surface area contributed by atoms with Crippen molar-refractivity contribution in [3.8, 4) is 0 Å². The molecule has 0 atom stereocenters. The van der Waals surface area contributed by atoms with Gasteiger partial charge in [0.2, 0.25) is 5.96 Å². The number of rotatable bonds is 3. The van der Waals surface area contributed by atoms with E-state index in [4.69, 9.17) is 20.1 Å². The number of aliphatic imine (C=N–C) groups is 3. The van der Waals surface area contributed by atoms with E-state index in [0.717, 1.165) is 56.3 Å². The van der Waals surface area contributed by atoms with Crippen LogP contribution in [0.5, 0.6) is 0 Å². The standard InChI is InChI=1S/C19H31N7OS/c1-14-6-11-28-15(2)18(23-16-4-9-27-10-5-16)24-19(22-14)25-7-8-26(13-21-3)17(20)12-25/h13,16,20,23H,4-12H2,1-3H3/b18-15+,20-17?,21-13?,22-14+,24-19+. The Kier molecular flexibility index (Phi) is 7.50. The highest BCUT2D eigenvalue weighted by atomic mass is 32.2. The molecule has 0 aliphatic carbocycles. The minimum absolute atomic E-state index is 0.381. The molecule has 0 radical (unpaired) electrons. The molecular weight excluding hydrogens is 374 g/mol. The molecule has 0 bridgehead atoms. The summed E-state index contributed by atoms with van der Waals surface area (Å²) in [7, 11) is 1.73. The van der Waals surface area contributed by atoms with Crippen molar-refractivity contribution in [2.24, 2.45) is 15.0 Å². The highest BCUT2D eigenvalue weighted by Crippen LogP contribution is 2.23. The summed E-state index contributed by atoms with van der Waals surface area (Å²) >= 11 is 1.83. The van der Waals surface area contributed by atoms with Crippen molar-refractivity contribution < 1.29 is 4.74 Å². The number of hydrogen-bond donors (Lipinski definition) is 2. The lowest BCUT2D eigenvalue weighted by molar-refractivity contribution is 0.0803. The highest BCUT2D eigenvalue weighted by Gasteiger charge is 2.24. The van der Waals surface area contributed by atoms with Crippen LogP contribution in [0.3, 0.4) is 0 Å². The van der Waals surface area contributed by atoms with Crippen LogP contribution >= 0.6 is 11.8 Å². The van der Waals surface area contributed by atoms with E-state index in [1.165, 1.54) is 4.91 Å². The van der Waals surface area contributed by atoms with Gasteiger partial charge < -0.3 is 19.9 Å². The predicted molar refractivity (Wildman–Crippen MR) is 118 cm³/mol. The lowest BCUT2D eigenvalue weighted by Crippen LogP contribution is -2.51. The molecule has 28 heavy (non-hydrogen) atoms. The van der Waals surface area contributed by atoms with Gasteiger partial charge in [0.25, 0.3) is 0 Å². The van der Waals surface area contributed by atoms with Crippen LogP contribution in [-0.4, -0.2) is 85.3 Å². The molecule has 0 saturated carbocycles. The second kappa shape index (κ2) is 10.1. The number of nitrogens with one attached hydrogen (secondary N) is 2. The first-order valence-electron chi connectivity index (χ1n) is 9.89. The second-order valence-corrected chi connectivity index (χ2v) is 8.54. The fourth-order valence-corrected chi connectivity index (χ4v) is 4.26. The summed E-state index contributed by atoms with van der Waals surface area (Å²) in [5, 5.41) is 12.0. The van der Waals surface area contributed by atoms with Gasteiger partial charge in [0.15, 0.2) is 0 Å². The average molecular weight is 406 g/mol. The zero-order valence-electron chi connectivity index (χ0n) is 17.1. The largest absolute Gasteiger partial charge is 0.381 e. The van der Waals surface area contributed by atoms with Crippen LogP contribution in [0.25, 0.3) is 0 Å². The van der Waals surface area contributed by atoms with Gasteiger partial charge in [-0.15, -0.1) is 11.8 Å². The number of piperazine rings is 1. The third kappa shape index (κ3) is 5.57. The normalized spacial score (nSPS) is 29.6. The molecule has 3 aliphatic rings. The Morgan fingerprint density at radius 1 is 1.25 bits per heavy atom. The van der Waals surface area contributed by atoms with E-state index in [9.17, 15) is 0 Å². The quantitative estimate of drug-likeness (QED) is 0.555. The molecule has 0 aromatic heterocycles. The minimum Gasteiger partial charge on any atom is -0.381 e.